The molecule has 0 unspecified atom stereocenters. The minimum absolute atomic E-state index is 0.301. The van der Waals surface area contributed by atoms with Gasteiger partial charge in [-0.05, 0) is 32.9 Å². The van der Waals surface area contributed by atoms with Gasteiger partial charge in [0.2, 0.25) is 5.90 Å². The minimum atomic E-state index is -0.596. The first-order valence-corrected chi connectivity index (χ1v) is 5.87. The number of amides is 1. The molecule has 1 aromatic rings. The highest BCUT2D eigenvalue weighted by Gasteiger charge is 2.06. The van der Waals surface area contributed by atoms with Crippen molar-refractivity contribution in [3.8, 4) is 0 Å². The van der Waals surface area contributed by atoms with Crippen molar-refractivity contribution in [3.63, 3.8) is 0 Å². The first kappa shape index (κ1) is 14.0. The number of hydrogen-bond donors (Lipinski definition) is 1. The Balaban J connectivity index is 2.78. The number of carbonyl (C=O) groups is 1. The van der Waals surface area contributed by atoms with Crippen LogP contribution in [0.4, 0.5) is 4.79 Å². The maximum Gasteiger partial charge on any atom is 0.427 e. The quantitative estimate of drug-likeness (QED) is 0.507. The smallest absolute Gasteiger partial charge is 0.427 e. The van der Waals surface area contributed by atoms with E-state index in [0.29, 0.717) is 19.1 Å². The molecule has 0 heterocycles. The van der Waals surface area contributed by atoms with E-state index in [1.165, 1.54) is 0 Å². The molecule has 0 saturated heterocycles. The van der Waals surface area contributed by atoms with Crippen LogP contribution >= 0.6 is 0 Å². The summed E-state index contributed by atoms with van der Waals surface area (Å²) in [6.07, 6.45) is -0.596. The third-order valence-corrected chi connectivity index (χ3v) is 2.10. The van der Waals surface area contributed by atoms with Crippen molar-refractivity contribution in [2.75, 3.05) is 13.2 Å². The normalized spacial score (nSPS) is 10.9. The van der Waals surface area contributed by atoms with Gasteiger partial charge >= 0.3 is 6.09 Å². The van der Waals surface area contributed by atoms with Crippen LogP contribution in [0.25, 0.3) is 0 Å². The second-order valence-electron chi connectivity index (χ2n) is 3.55. The van der Waals surface area contributed by atoms with Crippen LogP contribution in [0.2, 0.25) is 0 Å². The van der Waals surface area contributed by atoms with E-state index in [2.05, 4.69) is 10.5 Å². The zero-order valence-corrected chi connectivity index (χ0v) is 10.9. The molecule has 5 heteroatoms. The third kappa shape index (κ3) is 4.45. The van der Waals surface area contributed by atoms with Gasteiger partial charge in [0.05, 0.1) is 13.2 Å². The van der Waals surface area contributed by atoms with Crippen LogP contribution in [0.5, 0.6) is 0 Å². The van der Waals surface area contributed by atoms with E-state index >= 15 is 0 Å². The maximum absolute atomic E-state index is 11.1. The first-order valence-electron chi connectivity index (χ1n) is 5.87. The Kier molecular flexibility index (Phi) is 5.70. The second kappa shape index (κ2) is 7.32. The van der Waals surface area contributed by atoms with Crippen molar-refractivity contribution in [2.45, 2.75) is 20.8 Å². The Bertz CT molecular complexity index is 413. The highest BCUT2D eigenvalue weighted by Crippen LogP contribution is 2.05. The van der Waals surface area contributed by atoms with Gasteiger partial charge in [-0.3, -0.25) is 0 Å². The van der Waals surface area contributed by atoms with Crippen molar-refractivity contribution in [1.29, 1.82) is 0 Å². The van der Waals surface area contributed by atoms with Gasteiger partial charge in [-0.2, -0.15) is 0 Å². The molecule has 0 atom stereocenters. The molecular weight excluding hydrogens is 232 g/mol. The number of nitrogens with one attached hydrogen (secondary N) is 1. The average molecular weight is 250 g/mol. The lowest BCUT2D eigenvalue weighted by Crippen LogP contribution is -2.22. The van der Waals surface area contributed by atoms with E-state index in [0.717, 1.165) is 11.1 Å². The number of benzene rings is 1. The highest BCUT2D eigenvalue weighted by molar-refractivity contribution is 5.94. The van der Waals surface area contributed by atoms with Gasteiger partial charge < -0.3 is 9.47 Å². The molecule has 0 aliphatic rings. The highest BCUT2D eigenvalue weighted by atomic mass is 16.6. The molecule has 0 aliphatic heterocycles. The lowest BCUT2D eigenvalue weighted by atomic mass is 10.1. The molecule has 0 bridgehead atoms. The SMILES string of the molecule is CCOC(=O)N/N=C(\OCC)c1ccc(C)cc1. The Hall–Kier alpha value is -2.04. The van der Waals surface area contributed by atoms with Gasteiger partial charge in [0, 0.05) is 5.56 Å². The van der Waals surface area contributed by atoms with Crippen LogP contribution in [0, 0.1) is 6.92 Å². The lowest BCUT2D eigenvalue weighted by molar-refractivity contribution is 0.152. The fourth-order valence-corrected chi connectivity index (χ4v) is 1.27. The van der Waals surface area contributed by atoms with E-state index in [1.54, 1.807) is 6.92 Å². The molecule has 0 aliphatic carbocycles. The van der Waals surface area contributed by atoms with E-state index < -0.39 is 6.09 Å². The Morgan fingerprint density at radius 3 is 2.33 bits per heavy atom. The maximum atomic E-state index is 11.1. The summed E-state index contributed by atoms with van der Waals surface area (Å²) in [5.41, 5.74) is 4.23. The van der Waals surface area contributed by atoms with Gasteiger partial charge in [-0.1, -0.05) is 17.7 Å². The fourth-order valence-electron chi connectivity index (χ4n) is 1.27. The molecule has 5 nitrogen and oxygen atoms in total. The number of carbonyl (C=O) groups excluding carboxylic acids is 1. The molecule has 0 aromatic heterocycles. The predicted molar refractivity (Wildman–Crippen MR) is 69.5 cm³/mol. The Labute approximate surface area is 107 Å². The standard InChI is InChI=1S/C13H18N2O3/c1-4-17-12(14-15-13(16)18-5-2)11-8-6-10(3)7-9-11/h6-9H,4-5H2,1-3H3,(H,15,16)/b14-12-. The second-order valence-corrected chi connectivity index (χ2v) is 3.55. The Morgan fingerprint density at radius 1 is 1.17 bits per heavy atom. The van der Waals surface area contributed by atoms with Crippen molar-refractivity contribution in [3.05, 3.63) is 35.4 Å². The van der Waals surface area contributed by atoms with Crippen molar-refractivity contribution in [2.24, 2.45) is 5.10 Å². The van der Waals surface area contributed by atoms with Gasteiger partial charge in [0.25, 0.3) is 0 Å². The molecule has 0 spiro atoms. The monoisotopic (exact) mass is 250 g/mol. The van der Waals surface area contributed by atoms with Crippen LogP contribution in [-0.2, 0) is 9.47 Å². The van der Waals surface area contributed by atoms with E-state index in [1.807, 2.05) is 38.1 Å². The van der Waals surface area contributed by atoms with Crippen LogP contribution < -0.4 is 5.43 Å². The first-order chi connectivity index (χ1) is 8.67. The molecule has 0 fully saturated rings. The molecule has 1 amide bonds. The average Bonchev–Trinajstić information content (AvgIpc) is 2.36. The van der Waals surface area contributed by atoms with Crippen LogP contribution in [0.15, 0.2) is 29.4 Å². The zero-order valence-electron chi connectivity index (χ0n) is 10.9. The van der Waals surface area contributed by atoms with Crippen molar-refractivity contribution < 1.29 is 14.3 Å². The number of ether oxygens (including phenoxy) is 2. The predicted octanol–water partition coefficient (Wildman–Crippen LogP) is 2.44. The fraction of sp³-hybridized carbons (Fsp3) is 0.385. The minimum Gasteiger partial charge on any atom is -0.477 e. The summed E-state index contributed by atoms with van der Waals surface area (Å²) < 4.78 is 10.1. The molecule has 0 radical (unpaired) electrons. The van der Waals surface area contributed by atoms with E-state index in [-0.39, 0.29) is 0 Å². The van der Waals surface area contributed by atoms with E-state index in [4.69, 9.17) is 9.47 Å². The van der Waals surface area contributed by atoms with Crippen LogP contribution in [0.1, 0.15) is 25.0 Å². The largest absolute Gasteiger partial charge is 0.477 e. The molecule has 18 heavy (non-hydrogen) atoms. The van der Waals surface area contributed by atoms with Gasteiger partial charge in [0.1, 0.15) is 0 Å². The van der Waals surface area contributed by atoms with E-state index in [9.17, 15) is 4.79 Å². The van der Waals surface area contributed by atoms with Crippen molar-refractivity contribution in [1.82, 2.24) is 5.43 Å². The zero-order chi connectivity index (χ0) is 13.4. The number of hydrazone groups is 1. The summed E-state index contributed by atoms with van der Waals surface area (Å²) in [6, 6.07) is 7.68. The molecule has 98 valence electrons. The summed E-state index contributed by atoms with van der Waals surface area (Å²) in [5, 5.41) is 3.90. The molecule has 1 aromatic carbocycles. The molecule has 0 saturated carbocycles. The topological polar surface area (TPSA) is 59.9 Å². The van der Waals surface area contributed by atoms with Crippen LogP contribution in [-0.4, -0.2) is 25.2 Å². The van der Waals surface area contributed by atoms with Crippen LogP contribution in [0.3, 0.4) is 0 Å². The number of hydrogen-bond acceptors (Lipinski definition) is 4. The summed E-state index contributed by atoms with van der Waals surface area (Å²) >= 11 is 0. The summed E-state index contributed by atoms with van der Waals surface area (Å²) in [6.45, 7) is 6.35. The third-order valence-electron chi connectivity index (χ3n) is 2.10. The van der Waals surface area contributed by atoms with Gasteiger partial charge in [-0.15, -0.1) is 5.10 Å². The number of aryl methyl sites for hydroxylation is 1. The molecule has 1 rings (SSSR count). The van der Waals surface area contributed by atoms with Gasteiger partial charge in [-0.25, -0.2) is 10.2 Å². The van der Waals surface area contributed by atoms with Gasteiger partial charge in [0.15, 0.2) is 0 Å². The molecule has 1 N–H and O–H groups in total. The Morgan fingerprint density at radius 2 is 1.78 bits per heavy atom. The number of rotatable bonds is 4. The summed E-state index contributed by atoms with van der Waals surface area (Å²) in [5.74, 6) is 0.366. The number of nitrogens with zero attached hydrogens (tertiary/aromatic N) is 1. The van der Waals surface area contributed by atoms with Crippen molar-refractivity contribution >= 4 is 12.0 Å². The molecular formula is C13H18N2O3. The lowest BCUT2D eigenvalue weighted by Gasteiger charge is -2.08. The summed E-state index contributed by atoms with van der Waals surface area (Å²) in [4.78, 5) is 11.1. The summed E-state index contributed by atoms with van der Waals surface area (Å²) in [7, 11) is 0.